The Morgan fingerprint density at radius 3 is 2.60 bits per heavy atom. The van der Waals surface area contributed by atoms with Crippen LogP contribution in [0.25, 0.3) is 0 Å². The second-order valence-electron chi connectivity index (χ2n) is 7.09. The van der Waals surface area contributed by atoms with Gasteiger partial charge in [-0.25, -0.2) is 4.79 Å². The van der Waals surface area contributed by atoms with Gasteiger partial charge in [-0.2, -0.15) is 0 Å². The fourth-order valence-corrected chi connectivity index (χ4v) is 4.22. The SMILES string of the molecule is CCCN(Cc1ccccc1)C1Cc2ccc3c(c2C1)[N+](=O)C(=O)C3. The lowest BCUT2D eigenvalue weighted by Gasteiger charge is -2.28. The zero-order valence-corrected chi connectivity index (χ0v) is 14.6. The minimum atomic E-state index is -0.332. The first kappa shape index (κ1) is 16.2. The Labute approximate surface area is 148 Å². The fraction of sp³-hybridized carbons (Fsp3) is 0.381. The second-order valence-corrected chi connectivity index (χ2v) is 7.09. The van der Waals surface area contributed by atoms with Crippen molar-refractivity contribution in [1.29, 1.82) is 0 Å². The molecule has 0 saturated heterocycles. The molecule has 0 saturated carbocycles. The summed E-state index contributed by atoms with van der Waals surface area (Å²) in [4.78, 5) is 26.5. The lowest BCUT2D eigenvalue weighted by molar-refractivity contribution is -0.379. The van der Waals surface area contributed by atoms with E-state index in [4.69, 9.17) is 0 Å². The Morgan fingerprint density at radius 2 is 1.84 bits per heavy atom. The highest BCUT2D eigenvalue weighted by Crippen LogP contribution is 2.39. The van der Waals surface area contributed by atoms with E-state index in [1.165, 1.54) is 11.1 Å². The molecule has 1 atom stereocenters. The van der Waals surface area contributed by atoms with Crippen molar-refractivity contribution in [3.63, 3.8) is 0 Å². The molecule has 2 aromatic carbocycles. The molecular weight excluding hydrogens is 312 g/mol. The third kappa shape index (κ3) is 2.91. The molecule has 1 heterocycles. The van der Waals surface area contributed by atoms with Crippen LogP contribution in [0.2, 0.25) is 0 Å². The Balaban J connectivity index is 1.59. The molecule has 25 heavy (non-hydrogen) atoms. The molecule has 0 radical (unpaired) electrons. The molecule has 0 aromatic heterocycles. The van der Waals surface area contributed by atoms with Crippen LogP contribution in [0.4, 0.5) is 5.69 Å². The van der Waals surface area contributed by atoms with Crippen molar-refractivity contribution in [3.8, 4) is 0 Å². The number of nitroso groups, excluding NO2 is 1. The van der Waals surface area contributed by atoms with Crippen LogP contribution in [-0.2, 0) is 30.6 Å². The van der Waals surface area contributed by atoms with Crippen molar-refractivity contribution in [2.45, 2.75) is 45.2 Å². The normalized spacial score (nSPS) is 18.7. The van der Waals surface area contributed by atoms with Crippen LogP contribution in [0.15, 0.2) is 42.5 Å². The molecule has 4 heteroatoms. The number of amides is 1. The van der Waals surface area contributed by atoms with Gasteiger partial charge >= 0.3 is 5.91 Å². The van der Waals surface area contributed by atoms with Gasteiger partial charge < -0.3 is 0 Å². The fourth-order valence-electron chi connectivity index (χ4n) is 4.22. The van der Waals surface area contributed by atoms with Crippen LogP contribution in [-0.4, -0.2) is 28.2 Å². The van der Waals surface area contributed by atoms with Gasteiger partial charge in [0, 0.05) is 28.6 Å². The first-order chi connectivity index (χ1) is 12.2. The number of hydrogen-bond acceptors (Lipinski definition) is 3. The molecule has 4 rings (SSSR count). The average Bonchev–Trinajstić information content (AvgIpc) is 3.17. The van der Waals surface area contributed by atoms with Gasteiger partial charge in [0.2, 0.25) is 0 Å². The summed E-state index contributed by atoms with van der Waals surface area (Å²) in [5.74, 6) is -0.332. The van der Waals surface area contributed by atoms with Crippen LogP contribution in [0.5, 0.6) is 0 Å². The summed E-state index contributed by atoms with van der Waals surface area (Å²) >= 11 is 0. The van der Waals surface area contributed by atoms with Gasteiger partial charge in [-0.3, -0.25) is 4.90 Å². The van der Waals surface area contributed by atoms with Crippen LogP contribution < -0.4 is 0 Å². The van der Waals surface area contributed by atoms with Crippen molar-refractivity contribution >= 4 is 11.6 Å². The molecule has 1 amide bonds. The van der Waals surface area contributed by atoms with E-state index >= 15 is 0 Å². The molecule has 0 fully saturated rings. The molecule has 2 aromatic rings. The molecule has 1 aliphatic carbocycles. The summed E-state index contributed by atoms with van der Waals surface area (Å²) < 4.78 is 0.623. The summed E-state index contributed by atoms with van der Waals surface area (Å²) in [6, 6.07) is 15.0. The number of nitrogens with zero attached hydrogens (tertiary/aromatic N) is 2. The Morgan fingerprint density at radius 1 is 1.08 bits per heavy atom. The smallest absolute Gasteiger partial charge is 0.295 e. The van der Waals surface area contributed by atoms with Crippen LogP contribution in [0.1, 0.15) is 35.6 Å². The van der Waals surface area contributed by atoms with E-state index in [1.54, 1.807) is 0 Å². The minimum Gasteiger partial charge on any atom is -0.295 e. The van der Waals surface area contributed by atoms with Crippen molar-refractivity contribution in [2.24, 2.45) is 0 Å². The maximum absolute atomic E-state index is 12.2. The van der Waals surface area contributed by atoms with E-state index in [2.05, 4.69) is 42.2 Å². The predicted octanol–water partition coefficient (Wildman–Crippen LogP) is 3.56. The zero-order valence-electron chi connectivity index (χ0n) is 14.6. The van der Waals surface area contributed by atoms with Gasteiger partial charge in [0.15, 0.2) is 0 Å². The van der Waals surface area contributed by atoms with E-state index in [0.717, 1.165) is 43.5 Å². The largest absolute Gasteiger partial charge is 0.444 e. The molecule has 128 valence electrons. The van der Waals surface area contributed by atoms with Gasteiger partial charge in [0.1, 0.15) is 11.2 Å². The quantitative estimate of drug-likeness (QED) is 0.785. The summed E-state index contributed by atoms with van der Waals surface area (Å²) in [5, 5.41) is 0. The molecule has 4 nitrogen and oxygen atoms in total. The number of benzene rings is 2. The van der Waals surface area contributed by atoms with Crippen molar-refractivity contribution in [3.05, 3.63) is 69.6 Å². The third-order valence-electron chi connectivity index (χ3n) is 5.39. The standard InChI is InChI=1S/C21H23N2O2/c1-2-10-22(14-15-6-4-3-5-7-15)18-11-16-8-9-17-12-20(24)23(25)21(17)19(16)13-18/h3-9,18H,2,10-14H2,1H3/q+1. The van der Waals surface area contributed by atoms with Crippen molar-refractivity contribution in [1.82, 2.24) is 4.90 Å². The second kappa shape index (κ2) is 6.52. The van der Waals surface area contributed by atoms with Crippen LogP contribution in [0.3, 0.4) is 0 Å². The highest BCUT2D eigenvalue weighted by Gasteiger charge is 2.43. The number of carbonyl (C=O) groups excluding carboxylic acids is 1. The number of carbonyl (C=O) groups is 1. The minimum absolute atomic E-state index is 0.249. The van der Waals surface area contributed by atoms with Crippen LogP contribution >= 0.6 is 0 Å². The van der Waals surface area contributed by atoms with Gasteiger partial charge in [0.05, 0.1) is 0 Å². The van der Waals surface area contributed by atoms with Gasteiger partial charge in [-0.05, 0) is 36.9 Å². The van der Waals surface area contributed by atoms with E-state index in [9.17, 15) is 9.70 Å². The molecule has 1 aliphatic heterocycles. The summed E-state index contributed by atoms with van der Waals surface area (Å²) in [6.45, 7) is 4.17. The van der Waals surface area contributed by atoms with E-state index in [0.29, 0.717) is 16.5 Å². The summed E-state index contributed by atoms with van der Waals surface area (Å²) in [6.07, 6.45) is 3.16. The number of rotatable bonds is 5. The Hall–Kier alpha value is -2.33. The molecule has 0 spiro atoms. The van der Waals surface area contributed by atoms with Crippen molar-refractivity contribution in [2.75, 3.05) is 6.54 Å². The molecule has 1 unspecified atom stereocenters. The molecule has 2 aliphatic rings. The number of hydrogen-bond donors (Lipinski definition) is 0. The maximum Gasteiger partial charge on any atom is 0.444 e. The zero-order chi connectivity index (χ0) is 17.4. The van der Waals surface area contributed by atoms with E-state index < -0.39 is 0 Å². The lowest BCUT2D eigenvalue weighted by atomic mass is 10.0. The average molecular weight is 335 g/mol. The van der Waals surface area contributed by atoms with E-state index in [-0.39, 0.29) is 12.3 Å². The number of fused-ring (bicyclic) bond motifs is 3. The highest BCUT2D eigenvalue weighted by molar-refractivity contribution is 5.81. The van der Waals surface area contributed by atoms with Crippen LogP contribution in [0, 0.1) is 4.91 Å². The lowest BCUT2D eigenvalue weighted by Crippen LogP contribution is -2.36. The third-order valence-corrected chi connectivity index (χ3v) is 5.39. The molecule has 0 bridgehead atoms. The summed E-state index contributed by atoms with van der Waals surface area (Å²) in [5.41, 5.74) is 5.18. The topological polar surface area (TPSA) is 40.4 Å². The molecule has 0 N–H and O–H groups in total. The Bertz CT molecular complexity index is 829. The van der Waals surface area contributed by atoms with Gasteiger partial charge in [-0.1, -0.05) is 49.4 Å². The van der Waals surface area contributed by atoms with Gasteiger partial charge in [-0.15, -0.1) is 0 Å². The highest BCUT2D eigenvalue weighted by atomic mass is 16.3. The maximum atomic E-state index is 12.2. The van der Waals surface area contributed by atoms with Gasteiger partial charge in [0.25, 0.3) is 5.69 Å². The molecular formula is C21H23N2O2+. The predicted molar refractivity (Wildman–Crippen MR) is 96.8 cm³/mol. The first-order valence-electron chi connectivity index (χ1n) is 9.09. The Kier molecular flexibility index (Phi) is 4.22. The van der Waals surface area contributed by atoms with E-state index in [1.807, 2.05) is 12.1 Å². The van der Waals surface area contributed by atoms with Crippen molar-refractivity contribution < 1.29 is 9.55 Å². The monoisotopic (exact) mass is 335 g/mol. The summed E-state index contributed by atoms with van der Waals surface area (Å²) in [7, 11) is 0. The first-order valence-corrected chi connectivity index (χ1v) is 9.09.